The van der Waals surface area contributed by atoms with Crippen LogP contribution in [-0.4, -0.2) is 11.2 Å². The molecule has 16 heavy (non-hydrogen) atoms. The summed E-state index contributed by atoms with van der Waals surface area (Å²) >= 11 is 5.73. The average Bonchev–Trinajstić information content (AvgIpc) is 2.57. The first-order chi connectivity index (χ1) is 7.38. The maximum absolute atomic E-state index is 12.4. The summed E-state index contributed by atoms with van der Waals surface area (Å²) in [7, 11) is 0. The van der Waals surface area contributed by atoms with Crippen LogP contribution >= 0.6 is 11.6 Å². The lowest BCUT2D eigenvalue weighted by Gasteiger charge is -2.13. The summed E-state index contributed by atoms with van der Waals surface area (Å²) < 4.78 is 37.1. The predicted octanol–water partition coefficient (Wildman–Crippen LogP) is 3.38. The maximum atomic E-state index is 12.4. The van der Waals surface area contributed by atoms with E-state index < -0.39 is 12.2 Å². The first-order valence-electron chi connectivity index (χ1n) is 4.48. The largest absolute Gasteiger partial charge is 0.409 e. The van der Waals surface area contributed by atoms with Crippen LogP contribution in [0.25, 0.3) is 10.9 Å². The van der Waals surface area contributed by atoms with Crippen molar-refractivity contribution in [2.75, 3.05) is 0 Å². The van der Waals surface area contributed by atoms with Gasteiger partial charge in [0.25, 0.3) is 0 Å². The third kappa shape index (κ3) is 2.01. The van der Waals surface area contributed by atoms with Crippen LogP contribution in [0.4, 0.5) is 13.2 Å². The van der Waals surface area contributed by atoms with Gasteiger partial charge >= 0.3 is 6.18 Å². The monoisotopic (exact) mass is 248 g/mol. The fourth-order valence-corrected chi connectivity index (χ4v) is 1.65. The van der Waals surface area contributed by atoms with E-state index in [0.29, 0.717) is 15.9 Å². The summed E-state index contributed by atoms with van der Waals surface area (Å²) in [6.07, 6.45) is -4.45. The second kappa shape index (κ2) is 3.68. The second-order valence-electron chi connectivity index (χ2n) is 3.48. The molecular formula is C10H8ClF3N2. The number of aromatic nitrogens is 1. The van der Waals surface area contributed by atoms with Crippen molar-refractivity contribution >= 4 is 22.5 Å². The first-order valence-corrected chi connectivity index (χ1v) is 4.86. The van der Waals surface area contributed by atoms with E-state index in [4.69, 9.17) is 17.3 Å². The molecule has 2 aromatic rings. The van der Waals surface area contributed by atoms with Crippen LogP contribution in [0.3, 0.4) is 0 Å². The summed E-state index contributed by atoms with van der Waals surface area (Å²) in [5.74, 6) is 0. The Morgan fingerprint density at radius 1 is 1.25 bits per heavy atom. The van der Waals surface area contributed by atoms with Gasteiger partial charge < -0.3 is 10.7 Å². The average molecular weight is 249 g/mol. The molecule has 86 valence electrons. The number of benzene rings is 1. The molecule has 2 nitrogen and oxygen atoms in total. The zero-order valence-corrected chi connectivity index (χ0v) is 8.73. The third-order valence-corrected chi connectivity index (χ3v) is 2.53. The molecule has 1 unspecified atom stereocenters. The number of halogens is 4. The van der Waals surface area contributed by atoms with Gasteiger partial charge in [-0.15, -0.1) is 0 Å². The second-order valence-corrected chi connectivity index (χ2v) is 3.91. The van der Waals surface area contributed by atoms with Gasteiger partial charge in [0.15, 0.2) is 0 Å². The molecular weight excluding hydrogens is 241 g/mol. The molecule has 0 amide bonds. The summed E-state index contributed by atoms with van der Waals surface area (Å²) in [6, 6.07) is 4.16. The molecule has 0 fully saturated rings. The summed E-state index contributed by atoms with van der Waals surface area (Å²) in [6.45, 7) is 0. The Morgan fingerprint density at radius 3 is 2.56 bits per heavy atom. The SMILES string of the molecule is NC(c1cc2cc(Cl)ccc2[nH]1)C(F)(F)F. The highest BCUT2D eigenvalue weighted by Crippen LogP contribution is 2.32. The van der Waals surface area contributed by atoms with Gasteiger partial charge in [-0.25, -0.2) is 0 Å². The molecule has 0 saturated carbocycles. The Morgan fingerprint density at radius 2 is 1.94 bits per heavy atom. The van der Waals surface area contributed by atoms with Gasteiger partial charge in [-0.05, 0) is 24.3 Å². The van der Waals surface area contributed by atoms with Crippen molar-refractivity contribution in [3.8, 4) is 0 Å². The van der Waals surface area contributed by atoms with E-state index in [0.717, 1.165) is 0 Å². The highest BCUT2D eigenvalue weighted by Gasteiger charge is 2.38. The number of rotatable bonds is 1. The van der Waals surface area contributed by atoms with Crippen molar-refractivity contribution < 1.29 is 13.2 Å². The van der Waals surface area contributed by atoms with Crippen molar-refractivity contribution in [2.24, 2.45) is 5.73 Å². The van der Waals surface area contributed by atoms with E-state index in [-0.39, 0.29) is 5.69 Å². The normalized spacial score (nSPS) is 14.3. The van der Waals surface area contributed by atoms with Gasteiger partial charge in [-0.3, -0.25) is 0 Å². The smallest absolute Gasteiger partial charge is 0.357 e. The summed E-state index contributed by atoms with van der Waals surface area (Å²) in [4.78, 5) is 2.63. The number of nitrogens with one attached hydrogen (secondary N) is 1. The molecule has 1 heterocycles. The fourth-order valence-electron chi connectivity index (χ4n) is 1.47. The first kappa shape index (κ1) is 11.3. The number of hydrogen-bond acceptors (Lipinski definition) is 1. The predicted molar refractivity (Wildman–Crippen MR) is 56.3 cm³/mol. The Bertz CT molecular complexity index is 518. The van der Waals surface area contributed by atoms with Crippen molar-refractivity contribution in [2.45, 2.75) is 12.2 Å². The van der Waals surface area contributed by atoms with E-state index in [1.165, 1.54) is 6.07 Å². The van der Waals surface area contributed by atoms with Gasteiger partial charge in [-0.2, -0.15) is 13.2 Å². The number of nitrogens with two attached hydrogens (primary N) is 1. The molecule has 3 N–H and O–H groups in total. The van der Waals surface area contributed by atoms with Crippen molar-refractivity contribution in [1.29, 1.82) is 0 Å². The molecule has 0 radical (unpaired) electrons. The molecule has 0 aliphatic rings. The molecule has 2 rings (SSSR count). The molecule has 1 aromatic carbocycles. The summed E-state index contributed by atoms with van der Waals surface area (Å²) in [5, 5.41) is 1.08. The molecule has 6 heteroatoms. The van der Waals surface area contributed by atoms with E-state index in [2.05, 4.69) is 4.98 Å². The van der Waals surface area contributed by atoms with Gasteiger partial charge in [0.05, 0.1) is 0 Å². The zero-order valence-electron chi connectivity index (χ0n) is 7.98. The number of fused-ring (bicyclic) bond motifs is 1. The Hall–Kier alpha value is -1.20. The van der Waals surface area contributed by atoms with Gasteiger partial charge in [0.2, 0.25) is 0 Å². The number of H-pyrrole nitrogens is 1. The molecule has 0 saturated heterocycles. The zero-order chi connectivity index (χ0) is 11.9. The molecule has 0 aliphatic heterocycles. The molecule has 0 bridgehead atoms. The van der Waals surface area contributed by atoms with Gasteiger partial charge in [0, 0.05) is 21.6 Å². The van der Waals surface area contributed by atoms with E-state index >= 15 is 0 Å². The van der Waals surface area contributed by atoms with Crippen LogP contribution in [0, 0.1) is 0 Å². The Kier molecular flexibility index (Phi) is 2.59. The molecule has 0 aliphatic carbocycles. The Balaban J connectivity index is 2.47. The highest BCUT2D eigenvalue weighted by atomic mass is 35.5. The topological polar surface area (TPSA) is 41.8 Å². The lowest BCUT2D eigenvalue weighted by atomic mass is 10.2. The molecule has 0 spiro atoms. The molecule has 1 atom stereocenters. The highest BCUT2D eigenvalue weighted by molar-refractivity contribution is 6.31. The van der Waals surface area contributed by atoms with Gasteiger partial charge in [0.1, 0.15) is 6.04 Å². The minimum atomic E-state index is -4.45. The third-order valence-electron chi connectivity index (χ3n) is 2.29. The van der Waals surface area contributed by atoms with Crippen LogP contribution in [0.5, 0.6) is 0 Å². The number of hydrogen-bond donors (Lipinski definition) is 2. The van der Waals surface area contributed by atoms with Crippen LogP contribution in [-0.2, 0) is 0 Å². The maximum Gasteiger partial charge on any atom is 0.409 e. The molecule has 1 aromatic heterocycles. The lowest BCUT2D eigenvalue weighted by Crippen LogP contribution is -2.28. The van der Waals surface area contributed by atoms with Gasteiger partial charge in [-0.1, -0.05) is 11.6 Å². The van der Waals surface area contributed by atoms with Crippen LogP contribution in [0.2, 0.25) is 5.02 Å². The van der Waals surface area contributed by atoms with E-state index in [1.807, 2.05) is 0 Å². The quantitative estimate of drug-likeness (QED) is 0.798. The standard InChI is InChI=1S/C10H8ClF3N2/c11-6-1-2-7-5(3-6)4-8(16-7)9(15)10(12,13)14/h1-4,9,16H,15H2. The van der Waals surface area contributed by atoms with Crippen LogP contribution in [0.15, 0.2) is 24.3 Å². The van der Waals surface area contributed by atoms with Crippen molar-refractivity contribution in [1.82, 2.24) is 4.98 Å². The minimum absolute atomic E-state index is 0.0650. The van der Waals surface area contributed by atoms with Crippen LogP contribution < -0.4 is 5.73 Å². The van der Waals surface area contributed by atoms with Crippen molar-refractivity contribution in [3.63, 3.8) is 0 Å². The lowest BCUT2D eigenvalue weighted by molar-refractivity contribution is -0.149. The van der Waals surface area contributed by atoms with E-state index in [1.54, 1.807) is 18.2 Å². The fraction of sp³-hybridized carbons (Fsp3) is 0.200. The Labute approximate surface area is 94.2 Å². The van der Waals surface area contributed by atoms with E-state index in [9.17, 15) is 13.2 Å². The van der Waals surface area contributed by atoms with Crippen LogP contribution in [0.1, 0.15) is 11.7 Å². The van der Waals surface area contributed by atoms with Crippen molar-refractivity contribution in [3.05, 3.63) is 35.0 Å². The summed E-state index contributed by atoms with van der Waals surface area (Å²) in [5.41, 5.74) is 5.60. The minimum Gasteiger partial charge on any atom is -0.357 e. The number of alkyl halides is 3. The number of aromatic amines is 1.